The highest BCUT2D eigenvalue weighted by atomic mass is 35.5. The van der Waals surface area contributed by atoms with Crippen molar-refractivity contribution in [1.82, 2.24) is 9.62 Å². The number of carbonyl (C=O) groups is 1. The maximum atomic E-state index is 13.1. The Morgan fingerprint density at radius 3 is 2.52 bits per heavy atom. The van der Waals surface area contributed by atoms with Crippen LogP contribution in [0, 0.1) is 5.92 Å². The van der Waals surface area contributed by atoms with E-state index in [1.807, 2.05) is 13.8 Å². The van der Waals surface area contributed by atoms with Gasteiger partial charge in [0.1, 0.15) is 10.6 Å². The Morgan fingerprint density at radius 2 is 1.93 bits per heavy atom. The molecule has 1 aliphatic rings. The van der Waals surface area contributed by atoms with Crippen LogP contribution in [0.3, 0.4) is 0 Å². The van der Waals surface area contributed by atoms with E-state index >= 15 is 0 Å². The molecule has 1 amide bonds. The normalized spacial score (nSPS) is 16.3. The number of nitrogens with one attached hydrogen (secondary N) is 2. The van der Waals surface area contributed by atoms with Crippen molar-refractivity contribution >= 4 is 34.0 Å². The van der Waals surface area contributed by atoms with Crippen molar-refractivity contribution in [2.45, 2.75) is 38.0 Å². The maximum absolute atomic E-state index is 13.1. The zero-order chi connectivity index (χ0) is 19.2. The summed E-state index contributed by atoms with van der Waals surface area (Å²) in [7, 11) is -1.88. The summed E-state index contributed by atoms with van der Waals surface area (Å²) < 4.78 is 33.2. The fourth-order valence-electron chi connectivity index (χ4n) is 2.97. The molecule has 1 fully saturated rings. The van der Waals surface area contributed by atoms with Crippen LogP contribution in [0.2, 0.25) is 0 Å². The van der Waals surface area contributed by atoms with Crippen LogP contribution in [0.25, 0.3) is 0 Å². The van der Waals surface area contributed by atoms with E-state index in [1.54, 1.807) is 19.2 Å². The molecule has 1 aromatic rings. The standard InChI is InChI=1S/C18H29N3O4S.ClH/c1-4-25-16-9-8-15(20-18(22)14(2)13-19-3)12-17(16)26(23,24)21-10-6-5-7-11-21;/h8-9,12,14,19H,4-7,10-11,13H2,1-3H3,(H,20,22);1H. The fourth-order valence-corrected chi connectivity index (χ4v) is 4.65. The molecule has 1 aliphatic heterocycles. The average molecular weight is 420 g/mol. The molecule has 7 nitrogen and oxygen atoms in total. The molecule has 2 N–H and O–H groups in total. The van der Waals surface area contributed by atoms with Gasteiger partial charge in [-0.15, -0.1) is 12.4 Å². The van der Waals surface area contributed by atoms with Gasteiger partial charge in [0, 0.05) is 31.2 Å². The molecule has 2 rings (SSSR count). The molecule has 1 aromatic carbocycles. The molecule has 0 bridgehead atoms. The highest BCUT2D eigenvalue weighted by Crippen LogP contribution is 2.31. The third kappa shape index (κ3) is 6.07. The average Bonchev–Trinajstić information content (AvgIpc) is 2.64. The third-order valence-corrected chi connectivity index (χ3v) is 6.32. The summed E-state index contributed by atoms with van der Waals surface area (Å²) in [6, 6.07) is 4.78. The zero-order valence-electron chi connectivity index (χ0n) is 16.2. The first kappa shape index (κ1) is 23.7. The lowest BCUT2D eigenvalue weighted by Crippen LogP contribution is -2.36. The number of hydrogen-bond donors (Lipinski definition) is 2. The lowest BCUT2D eigenvalue weighted by molar-refractivity contribution is -0.119. The number of rotatable bonds is 8. The van der Waals surface area contributed by atoms with E-state index in [4.69, 9.17) is 4.74 Å². The molecule has 0 saturated carbocycles. The number of sulfonamides is 1. The van der Waals surface area contributed by atoms with Crippen molar-refractivity contribution in [3.63, 3.8) is 0 Å². The molecule has 1 heterocycles. The van der Waals surface area contributed by atoms with E-state index in [9.17, 15) is 13.2 Å². The number of hydrogen-bond acceptors (Lipinski definition) is 5. The first-order valence-corrected chi connectivity index (χ1v) is 10.6. The van der Waals surface area contributed by atoms with E-state index in [2.05, 4.69) is 10.6 Å². The maximum Gasteiger partial charge on any atom is 0.246 e. The van der Waals surface area contributed by atoms with Crippen LogP contribution in [0.15, 0.2) is 23.1 Å². The molecule has 0 radical (unpaired) electrons. The van der Waals surface area contributed by atoms with Gasteiger partial charge in [0.15, 0.2) is 0 Å². The summed E-state index contributed by atoms with van der Waals surface area (Å²) in [5.41, 5.74) is 0.456. The number of anilines is 1. The van der Waals surface area contributed by atoms with E-state index in [1.165, 1.54) is 10.4 Å². The van der Waals surface area contributed by atoms with Gasteiger partial charge < -0.3 is 15.4 Å². The van der Waals surface area contributed by atoms with E-state index in [-0.39, 0.29) is 29.1 Å². The van der Waals surface area contributed by atoms with Gasteiger partial charge in [-0.3, -0.25) is 4.79 Å². The molecule has 0 spiro atoms. The molecule has 1 saturated heterocycles. The fraction of sp³-hybridized carbons (Fsp3) is 0.611. The lowest BCUT2D eigenvalue weighted by Gasteiger charge is -2.27. The minimum Gasteiger partial charge on any atom is -0.492 e. The van der Waals surface area contributed by atoms with Crippen LogP contribution < -0.4 is 15.4 Å². The Bertz CT molecular complexity index is 721. The van der Waals surface area contributed by atoms with Crippen molar-refractivity contribution in [3.8, 4) is 5.75 Å². The molecule has 0 aromatic heterocycles. The Morgan fingerprint density at radius 1 is 1.26 bits per heavy atom. The Kier molecular flexibility index (Phi) is 9.52. The van der Waals surface area contributed by atoms with Crippen molar-refractivity contribution in [1.29, 1.82) is 0 Å². The Labute approximate surface area is 168 Å². The highest BCUT2D eigenvalue weighted by Gasteiger charge is 2.29. The minimum atomic E-state index is -3.66. The van der Waals surface area contributed by atoms with E-state index < -0.39 is 10.0 Å². The van der Waals surface area contributed by atoms with Crippen LogP contribution >= 0.6 is 12.4 Å². The first-order chi connectivity index (χ1) is 12.4. The molecule has 154 valence electrons. The summed E-state index contributed by atoms with van der Waals surface area (Å²) >= 11 is 0. The number of benzene rings is 1. The van der Waals surface area contributed by atoms with Crippen molar-refractivity contribution in [3.05, 3.63) is 18.2 Å². The first-order valence-electron chi connectivity index (χ1n) is 9.12. The highest BCUT2D eigenvalue weighted by molar-refractivity contribution is 7.89. The van der Waals surface area contributed by atoms with Gasteiger partial charge in [-0.25, -0.2) is 8.42 Å². The number of nitrogens with zero attached hydrogens (tertiary/aromatic N) is 1. The smallest absolute Gasteiger partial charge is 0.246 e. The molecular formula is C18H30ClN3O4S. The van der Waals surface area contributed by atoms with Crippen LogP contribution in [0.5, 0.6) is 5.75 Å². The summed E-state index contributed by atoms with van der Waals surface area (Å²) in [5.74, 6) is -0.0714. The SMILES string of the molecule is CCOc1ccc(NC(=O)C(C)CNC)cc1S(=O)(=O)N1CCCCC1.Cl. The van der Waals surface area contributed by atoms with Crippen molar-refractivity contribution in [2.75, 3.05) is 38.6 Å². The molecule has 1 unspecified atom stereocenters. The van der Waals surface area contributed by atoms with Gasteiger partial charge in [0.2, 0.25) is 15.9 Å². The van der Waals surface area contributed by atoms with Crippen molar-refractivity contribution < 1.29 is 17.9 Å². The minimum absolute atomic E-state index is 0. The topological polar surface area (TPSA) is 87.7 Å². The second-order valence-corrected chi connectivity index (χ2v) is 8.41. The van der Waals surface area contributed by atoms with Gasteiger partial charge in [-0.05, 0) is 45.0 Å². The van der Waals surface area contributed by atoms with Gasteiger partial charge in [-0.2, -0.15) is 4.31 Å². The quantitative estimate of drug-likeness (QED) is 0.675. The monoisotopic (exact) mass is 419 g/mol. The van der Waals surface area contributed by atoms with Crippen LogP contribution in [0.1, 0.15) is 33.1 Å². The molecule has 1 atom stereocenters. The van der Waals surface area contributed by atoms with Gasteiger partial charge in [0.25, 0.3) is 0 Å². The summed E-state index contributed by atoms with van der Waals surface area (Å²) in [4.78, 5) is 12.3. The number of halogens is 1. The number of carbonyl (C=O) groups excluding carboxylic acids is 1. The number of piperidine rings is 1. The lowest BCUT2D eigenvalue weighted by atomic mass is 10.1. The van der Waals surface area contributed by atoms with Crippen LogP contribution in [-0.2, 0) is 14.8 Å². The molecule has 27 heavy (non-hydrogen) atoms. The summed E-state index contributed by atoms with van der Waals surface area (Å²) in [5, 5.41) is 5.75. The number of ether oxygens (including phenoxy) is 1. The third-order valence-electron chi connectivity index (χ3n) is 4.40. The summed E-state index contributed by atoms with van der Waals surface area (Å²) in [6.07, 6.45) is 2.77. The number of amides is 1. The summed E-state index contributed by atoms with van der Waals surface area (Å²) in [6.45, 7) is 5.57. The molecule has 9 heteroatoms. The van der Waals surface area contributed by atoms with Crippen LogP contribution in [-0.4, -0.2) is 51.9 Å². The van der Waals surface area contributed by atoms with E-state index in [0.29, 0.717) is 37.7 Å². The Balaban J connectivity index is 0.00000364. The molecular weight excluding hydrogens is 390 g/mol. The van der Waals surface area contributed by atoms with Gasteiger partial charge in [-0.1, -0.05) is 13.3 Å². The van der Waals surface area contributed by atoms with Crippen molar-refractivity contribution in [2.24, 2.45) is 5.92 Å². The van der Waals surface area contributed by atoms with E-state index in [0.717, 1.165) is 19.3 Å². The zero-order valence-corrected chi connectivity index (χ0v) is 17.8. The predicted octanol–water partition coefficient (Wildman–Crippen LogP) is 2.48. The van der Waals surface area contributed by atoms with Crippen LogP contribution in [0.4, 0.5) is 5.69 Å². The second kappa shape index (κ2) is 10.8. The molecule has 0 aliphatic carbocycles. The predicted molar refractivity (Wildman–Crippen MR) is 109 cm³/mol. The van der Waals surface area contributed by atoms with Gasteiger partial charge in [0.05, 0.1) is 6.61 Å². The Hall–Kier alpha value is -1.35. The van der Waals surface area contributed by atoms with Gasteiger partial charge >= 0.3 is 0 Å². The largest absolute Gasteiger partial charge is 0.492 e. The second-order valence-electron chi connectivity index (χ2n) is 6.51.